The van der Waals surface area contributed by atoms with Gasteiger partial charge in [0.2, 0.25) is 0 Å². The molecule has 3 N–H and O–H groups in total. The predicted octanol–water partition coefficient (Wildman–Crippen LogP) is 20.4. The van der Waals surface area contributed by atoms with E-state index in [0.29, 0.717) is 25.7 Å². The molecule has 17 nitrogen and oxygen atoms in total. The minimum absolute atomic E-state index is 0.106. The minimum Gasteiger partial charge on any atom is -0.462 e. The lowest BCUT2D eigenvalue weighted by Crippen LogP contribution is -2.30. The summed E-state index contributed by atoms with van der Waals surface area (Å²) in [7, 11) is -9.89. The van der Waals surface area contributed by atoms with Crippen molar-refractivity contribution >= 4 is 39.5 Å². The first kappa shape index (κ1) is 88.1. The van der Waals surface area contributed by atoms with E-state index in [2.05, 4.69) is 41.5 Å². The highest BCUT2D eigenvalue weighted by atomic mass is 31.2. The second-order valence-corrected chi connectivity index (χ2v) is 29.5. The van der Waals surface area contributed by atoms with Crippen LogP contribution < -0.4 is 0 Å². The Labute approximate surface area is 549 Å². The van der Waals surface area contributed by atoms with Crippen molar-refractivity contribution in [3.05, 3.63) is 0 Å². The van der Waals surface area contributed by atoms with Gasteiger partial charge in [-0.15, -0.1) is 0 Å². The van der Waals surface area contributed by atoms with Crippen molar-refractivity contribution in [1.29, 1.82) is 0 Å². The van der Waals surface area contributed by atoms with E-state index in [4.69, 9.17) is 37.0 Å². The van der Waals surface area contributed by atoms with Crippen LogP contribution in [-0.4, -0.2) is 96.7 Å². The number of ether oxygens (including phenoxy) is 4. The van der Waals surface area contributed by atoms with Crippen molar-refractivity contribution in [3.63, 3.8) is 0 Å². The highest BCUT2D eigenvalue weighted by Gasteiger charge is 2.30. The lowest BCUT2D eigenvalue weighted by atomic mass is 10.0. The molecule has 0 rings (SSSR count). The molecule has 0 aromatic rings. The van der Waals surface area contributed by atoms with Gasteiger partial charge in [0.05, 0.1) is 26.4 Å². The molecule has 0 bridgehead atoms. The molecule has 0 saturated carbocycles. The molecular weight excluding hydrogens is 1190 g/mol. The summed E-state index contributed by atoms with van der Waals surface area (Å²) in [6, 6.07) is 0. The Balaban J connectivity index is 5.13. The van der Waals surface area contributed by atoms with Crippen LogP contribution in [0.4, 0.5) is 0 Å². The molecule has 0 aliphatic rings. The molecule has 0 saturated heterocycles. The third-order valence-corrected chi connectivity index (χ3v) is 18.4. The zero-order chi connectivity index (χ0) is 66.5. The number of esters is 4. The van der Waals surface area contributed by atoms with Crippen molar-refractivity contribution in [2.24, 2.45) is 11.8 Å². The Morgan fingerprint density at radius 2 is 0.511 bits per heavy atom. The summed E-state index contributed by atoms with van der Waals surface area (Å²) in [5.41, 5.74) is 0. The van der Waals surface area contributed by atoms with Gasteiger partial charge in [0, 0.05) is 25.7 Å². The summed E-state index contributed by atoms with van der Waals surface area (Å²) >= 11 is 0. The molecule has 0 aromatic heterocycles. The van der Waals surface area contributed by atoms with Crippen molar-refractivity contribution in [2.45, 2.75) is 381 Å². The molecule has 5 atom stereocenters. The van der Waals surface area contributed by atoms with Crippen molar-refractivity contribution in [2.75, 3.05) is 39.6 Å². The molecule has 2 unspecified atom stereocenters. The number of aliphatic hydroxyl groups excluding tert-OH is 1. The van der Waals surface area contributed by atoms with Gasteiger partial charge in [-0.05, 0) is 37.5 Å². The minimum atomic E-state index is -4.95. The number of unbranched alkanes of at least 4 members (excludes halogenated alkanes) is 40. The Hall–Kier alpha value is -1.94. The van der Waals surface area contributed by atoms with Crippen LogP contribution in [0.25, 0.3) is 0 Å². The van der Waals surface area contributed by atoms with Crippen LogP contribution in [-0.2, 0) is 65.4 Å². The second kappa shape index (κ2) is 63.1. The molecule has 0 heterocycles. The van der Waals surface area contributed by atoms with Crippen LogP contribution in [0, 0.1) is 11.8 Å². The van der Waals surface area contributed by atoms with Crippen LogP contribution in [0.2, 0.25) is 0 Å². The average Bonchev–Trinajstić information content (AvgIpc) is 3.62. The maximum absolute atomic E-state index is 13.0. The van der Waals surface area contributed by atoms with Crippen LogP contribution in [0.1, 0.15) is 363 Å². The fourth-order valence-electron chi connectivity index (χ4n) is 10.8. The highest BCUT2D eigenvalue weighted by Crippen LogP contribution is 2.45. The van der Waals surface area contributed by atoms with Crippen LogP contribution in [0.5, 0.6) is 0 Å². The smallest absolute Gasteiger partial charge is 0.462 e. The molecule has 0 amide bonds. The van der Waals surface area contributed by atoms with Gasteiger partial charge in [-0.2, -0.15) is 0 Å². The Kier molecular flexibility index (Phi) is 61.8. The molecule has 90 heavy (non-hydrogen) atoms. The molecule has 0 aliphatic heterocycles. The van der Waals surface area contributed by atoms with Gasteiger partial charge in [-0.25, -0.2) is 9.13 Å². The zero-order valence-electron chi connectivity index (χ0n) is 58.4. The number of carbonyl (C=O) groups is 4. The summed E-state index contributed by atoms with van der Waals surface area (Å²) in [6.45, 7) is 9.51. The Bertz CT molecular complexity index is 1750. The van der Waals surface area contributed by atoms with Crippen molar-refractivity contribution in [3.8, 4) is 0 Å². The quantitative estimate of drug-likeness (QED) is 0.0222. The number of rotatable bonds is 70. The first-order valence-corrected chi connectivity index (χ1v) is 40.0. The molecule has 0 aromatic carbocycles. The summed E-state index contributed by atoms with van der Waals surface area (Å²) in [5, 5.41) is 10.6. The molecule has 0 fully saturated rings. The third-order valence-electron chi connectivity index (χ3n) is 16.5. The van der Waals surface area contributed by atoms with Gasteiger partial charge >= 0.3 is 39.5 Å². The highest BCUT2D eigenvalue weighted by molar-refractivity contribution is 7.47. The van der Waals surface area contributed by atoms with Gasteiger partial charge in [0.1, 0.15) is 19.3 Å². The second-order valence-electron chi connectivity index (χ2n) is 26.6. The number of carbonyl (C=O) groups excluding carboxylic acids is 4. The summed E-state index contributed by atoms with van der Waals surface area (Å²) in [6.07, 6.45) is 48.8. The van der Waals surface area contributed by atoms with Gasteiger partial charge < -0.3 is 33.8 Å². The first-order chi connectivity index (χ1) is 43.4. The fraction of sp³-hybridized carbons (Fsp3) is 0.944. The number of hydrogen-bond donors (Lipinski definition) is 3. The van der Waals surface area contributed by atoms with Crippen LogP contribution in [0.3, 0.4) is 0 Å². The molecule has 534 valence electrons. The average molecular weight is 1330 g/mol. The van der Waals surface area contributed by atoms with E-state index in [-0.39, 0.29) is 25.7 Å². The molecular formula is C71H138O17P2. The lowest BCUT2D eigenvalue weighted by molar-refractivity contribution is -0.161. The van der Waals surface area contributed by atoms with Crippen molar-refractivity contribution in [1.82, 2.24) is 0 Å². The summed E-state index contributed by atoms with van der Waals surface area (Å²) in [4.78, 5) is 72.4. The lowest BCUT2D eigenvalue weighted by Gasteiger charge is -2.21. The Morgan fingerprint density at radius 3 is 0.756 bits per heavy atom. The van der Waals surface area contributed by atoms with E-state index >= 15 is 0 Å². The van der Waals surface area contributed by atoms with E-state index in [1.165, 1.54) is 167 Å². The Morgan fingerprint density at radius 1 is 0.300 bits per heavy atom. The molecule has 0 spiro atoms. The van der Waals surface area contributed by atoms with Gasteiger partial charge in [-0.3, -0.25) is 37.3 Å². The van der Waals surface area contributed by atoms with Gasteiger partial charge in [-0.1, -0.05) is 311 Å². The standard InChI is InChI=1S/C71H138O17P2/c1-7-9-11-13-15-16-25-29-37-43-49-55-70(75)87-66(59-81-68(73)53-47-41-33-14-12-10-8-2)61-85-89(77,78)83-57-65(72)58-84-90(79,80)86-62-67(60-82-69(74)54-48-42-36-32-31-35-40-46-52-64(5)6)88-71(76)56-50-44-38-30-27-24-22-20-18-17-19-21-23-26-28-34-39-45-51-63(3)4/h63-67,72H,7-62H2,1-6H3,(H,77,78)(H,79,80)/t65-,66+,67+/m0/s1. The van der Waals surface area contributed by atoms with Gasteiger partial charge in [0.15, 0.2) is 12.2 Å². The van der Waals surface area contributed by atoms with E-state index in [1.54, 1.807) is 0 Å². The maximum atomic E-state index is 13.0. The predicted molar refractivity (Wildman–Crippen MR) is 363 cm³/mol. The van der Waals surface area contributed by atoms with E-state index in [9.17, 15) is 43.2 Å². The molecule has 0 radical (unpaired) electrons. The first-order valence-electron chi connectivity index (χ1n) is 37.0. The molecule has 19 heteroatoms. The summed E-state index contributed by atoms with van der Waals surface area (Å²) in [5.74, 6) is -0.582. The maximum Gasteiger partial charge on any atom is 0.472 e. The largest absolute Gasteiger partial charge is 0.472 e. The normalized spacial score (nSPS) is 14.1. The van der Waals surface area contributed by atoms with Gasteiger partial charge in [0.25, 0.3) is 0 Å². The van der Waals surface area contributed by atoms with Crippen LogP contribution >= 0.6 is 15.6 Å². The topological polar surface area (TPSA) is 237 Å². The number of phosphoric acid groups is 2. The monoisotopic (exact) mass is 1320 g/mol. The number of hydrogen-bond acceptors (Lipinski definition) is 15. The van der Waals surface area contributed by atoms with Crippen LogP contribution in [0.15, 0.2) is 0 Å². The SMILES string of the molecule is CCCCCCCCCCCCCC(=O)O[C@H](COC(=O)CCCCCCCCC)COP(=O)(O)OC[C@H](O)COP(=O)(O)OC[C@@H](COC(=O)CCCCCCCCCCC(C)C)OC(=O)CCCCCCCCCCCCCCCCCCCCC(C)C. The fourth-order valence-corrected chi connectivity index (χ4v) is 12.3. The van der Waals surface area contributed by atoms with Crippen molar-refractivity contribution < 1.29 is 80.2 Å². The number of aliphatic hydroxyl groups is 1. The zero-order valence-corrected chi connectivity index (χ0v) is 60.2. The van der Waals surface area contributed by atoms with E-state index in [0.717, 1.165) is 115 Å². The van der Waals surface area contributed by atoms with E-state index < -0.39 is 97.5 Å². The third kappa shape index (κ3) is 64.8. The van der Waals surface area contributed by atoms with E-state index in [1.807, 2.05) is 0 Å². The summed E-state index contributed by atoms with van der Waals surface area (Å²) < 4.78 is 68.2. The number of phosphoric ester groups is 2. The molecule has 0 aliphatic carbocycles.